The number of nitrogens with two attached hydrogens (primary N) is 1. The molecule has 1 rings (SSSR count). The number of hydrogen-bond donors (Lipinski definition) is 1. The van der Waals surface area contributed by atoms with Crippen LogP contribution in [0.1, 0.15) is 47.0 Å². The Labute approximate surface area is 88.8 Å². The van der Waals surface area contributed by atoms with Crippen LogP contribution in [-0.2, 0) is 0 Å². The molecule has 0 amide bonds. The maximum Gasteiger partial charge on any atom is 0.00993 e. The second-order valence-corrected chi connectivity index (χ2v) is 5.38. The van der Waals surface area contributed by atoms with Gasteiger partial charge in [-0.1, -0.05) is 13.8 Å². The molecule has 0 heterocycles. The van der Waals surface area contributed by atoms with Gasteiger partial charge in [-0.15, -0.1) is 0 Å². The van der Waals surface area contributed by atoms with Crippen LogP contribution in [0.5, 0.6) is 0 Å². The Balaban J connectivity index is 2.40. The van der Waals surface area contributed by atoms with Crippen LogP contribution in [0.25, 0.3) is 0 Å². The zero-order chi connectivity index (χ0) is 10.7. The van der Waals surface area contributed by atoms with Crippen molar-refractivity contribution < 1.29 is 0 Å². The molecule has 1 fully saturated rings. The largest absolute Gasteiger partial charge is 0.328 e. The summed E-state index contributed by atoms with van der Waals surface area (Å²) in [5.74, 6) is 0.770. The zero-order valence-electron chi connectivity index (χ0n) is 10.2. The predicted octanol–water partition coefficient (Wildman–Crippen LogP) is 2.23. The summed E-state index contributed by atoms with van der Waals surface area (Å²) in [6, 6.07) is 1.86. The third-order valence-corrected chi connectivity index (χ3v) is 2.87. The van der Waals surface area contributed by atoms with Crippen molar-refractivity contribution in [3.63, 3.8) is 0 Å². The molecule has 0 aromatic carbocycles. The Hall–Kier alpha value is -0.0800. The van der Waals surface area contributed by atoms with Crippen LogP contribution in [0, 0.1) is 5.92 Å². The van der Waals surface area contributed by atoms with Gasteiger partial charge in [0.2, 0.25) is 0 Å². The Bertz CT molecular complexity index is 162. The molecule has 0 bridgehead atoms. The predicted molar refractivity (Wildman–Crippen MR) is 62.3 cm³/mol. The summed E-state index contributed by atoms with van der Waals surface area (Å²) in [7, 11) is 0. The van der Waals surface area contributed by atoms with E-state index in [1.807, 2.05) is 0 Å². The minimum Gasteiger partial charge on any atom is -0.328 e. The highest BCUT2D eigenvalue weighted by Crippen LogP contribution is 2.30. The van der Waals surface area contributed by atoms with Crippen molar-refractivity contribution in [2.24, 2.45) is 11.7 Å². The Kier molecular flexibility index (Phi) is 4.39. The van der Waals surface area contributed by atoms with Crippen molar-refractivity contribution in [3.8, 4) is 0 Å². The summed E-state index contributed by atoms with van der Waals surface area (Å²) < 4.78 is 0. The molecule has 84 valence electrons. The van der Waals surface area contributed by atoms with Crippen molar-refractivity contribution in [2.75, 3.05) is 6.54 Å². The fourth-order valence-corrected chi connectivity index (χ4v) is 2.19. The Morgan fingerprint density at radius 1 is 1.21 bits per heavy atom. The average molecular weight is 198 g/mol. The SMILES string of the molecule is CC(C)CN(C(C)CC(C)N)C1CC1. The van der Waals surface area contributed by atoms with Crippen LogP contribution in [0.3, 0.4) is 0 Å². The molecule has 0 aliphatic heterocycles. The van der Waals surface area contributed by atoms with Gasteiger partial charge in [0, 0.05) is 24.7 Å². The lowest BCUT2D eigenvalue weighted by atomic mass is 10.1. The molecule has 2 atom stereocenters. The van der Waals surface area contributed by atoms with Crippen molar-refractivity contribution in [1.29, 1.82) is 0 Å². The molecule has 2 nitrogen and oxygen atoms in total. The van der Waals surface area contributed by atoms with Crippen molar-refractivity contribution in [2.45, 2.75) is 65.1 Å². The van der Waals surface area contributed by atoms with E-state index >= 15 is 0 Å². The van der Waals surface area contributed by atoms with Crippen molar-refractivity contribution in [1.82, 2.24) is 4.90 Å². The van der Waals surface area contributed by atoms with Gasteiger partial charge in [0.25, 0.3) is 0 Å². The van der Waals surface area contributed by atoms with Gasteiger partial charge >= 0.3 is 0 Å². The van der Waals surface area contributed by atoms with Gasteiger partial charge in [-0.3, -0.25) is 4.90 Å². The third-order valence-electron chi connectivity index (χ3n) is 2.87. The van der Waals surface area contributed by atoms with Gasteiger partial charge in [-0.05, 0) is 39.0 Å². The molecule has 2 N–H and O–H groups in total. The summed E-state index contributed by atoms with van der Waals surface area (Å²) in [5, 5.41) is 0. The van der Waals surface area contributed by atoms with Gasteiger partial charge in [0.15, 0.2) is 0 Å². The highest BCUT2D eigenvalue weighted by atomic mass is 15.2. The van der Waals surface area contributed by atoms with Crippen molar-refractivity contribution >= 4 is 0 Å². The molecule has 0 aromatic heterocycles. The van der Waals surface area contributed by atoms with E-state index in [0.717, 1.165) is 18.4 Å². The molecule has 2 unspecified atom stereocenters. The fourth-order valence-electron chi connectivity index (χ4n) is 2.19. The Morgan fingerprint density at radius 3 is 2.14 bits per heavy atom. The molecular formula is C12H26N2. The third kappa shape index (κ3) is 3.97. The molecular weight excluding hydrogens is 172 g/mol. The standard InChI is InChI=1S/C12H26N2/c1-9(2)8-14(12-5-6-12)11(4)7-10(3)13/h9-12H,5-8,13H2,1-4H3. The van der Waals surface area contributed by atoms with Gasteiger partial charge in [0.1, 0.15) is 0 Å². The summed E-state index contributed by atoms with van der Waals surface area (Å²) >= 11 is 0. The topological polar surface area (TPSA) is 29.3 Å². The molecule has 0 aromatic rings. The molecule has 1 aliphatic rings. The Morgan fingerprint density at radius 2 is 1.79 bits per heavy atom. The lowest BCUT2D eigenvalue weighted by Crippen LogP contribution is -2.40. The minimum absolute atomic E-state index is 0.332. The van der Waals surface area contributed by atoms with Crippen LogP contribution >= 0.6 is 0 Å². The number of nitrogens with zero attached hydrogens (tertiary/aromatic N) is 1. The summed E-state index contributed by atoms with van der Waals surface area (Å²) in [4.78, 5) is 2.66. The summed E-state index contributed by atoms with van der Waals surface area (Å²) in [6.07, 6.45) is 3.93. The van der Waals surface area contributed by atoms with E-state index in [2.05, 4.69) is 32.6 Å². The highest BCUT2D eigenvalue weighted by molar-refractivity contribution is 4.88. The van der Waals surface area contributed by atoms with E-state index in [-0.39, 0.29) is 0 Å². The fraction of sp³-hybridized carbons (Fsp3) is 1.00. The van der Waals surface area contributed by atoms with Gasteiger partial charge in [0.05, 0.1) is 0 Å². The maximum absolute atomic E-state index is 5.86. The molecule has 2 heteroatoms. The zero-order valence-corrected chi connectivity index (χ0v) is 10.2. The molecule has 1 aliphatic carbocycles. The molecule has 0 saturated heterocycles. The lowest BCUT2D eigenvalue weighted by molar-refractivity contribution is 0.164. The van der Waals surface area contributed by atoms with Gasteiger partial charge in [-0.2, -0.15) is 0 Å². The van der Waals surface area contributed by atoms with E-state index in [1.165, 1.54) is 19.4 Å². The normalized spacial score (nSPS) is 21.6. The van der Waals surface area contributed by atoms with Crippen LogP contribution in [0.2, 0.25) is 0 Å². The molecule has 0 radical (unpaired) electrons. The second kappa shape index (κ2) is 5.13. The first kappa shape index (κ1) is 12.0. The van der Waals surface area contributed by atoms with Gasteiger partial charge < -0.3 is 5.73 Å². The van der Waals surface area contributed by atoms with Crippen LogP contribution in [-0.4, -0.2) is 29.6 Å². The first-order valence-electron chi connectivity index (χ1n) is 6.02. The molecule has 1 saturated carbocycles. The van der Waals surface area contributed by atoms with Crippen molar-refractivity contribution in [3.05, 3.63) is 0 Å². The van der Waals surface area contributed by atoms with Gasteiger partial charge in [-0.25, -0.2) is 0 Å². The summed E-state index contributed by atoms with van der Waals surface area (Å²) in [6.45, 7) is 10.3. The second-order valence-electron chi connectivity index (χ2n) is 5.38. The van der Waals surface area contributed by atoms with Crippen LogP contribution in [0.4, 0.5) is 0 Å². The van der Waals surface area contributed by atoms with E-state index in [9.17, 15) is 0 Å². The van der Waals surface area contributed by atoms with E-state index in [4.69, 9.17) is 5.73 Å². The quantitative estimate of drug-likeness (QED) is 0.709. The first-order valence-corrected chi connectivity index (χ1v) is 6.02. The monoisotopic (exact) mass is 198 g/mol. The van der Waals surface area contributed by atoms with Crippen LogP contribution < -0.4 is 5.73 Å². The molecule has 0 spiro atoms. The average Bonchev–Trinajstić information content (AvgIpc) is 2.80. The lowest BCUT2D eigenvalue weighted by Gasteiger charge is -2.31. The number of hydrogen-bond acceptors (Lipinski definition) is 2. The van der Waals surface area contributed by atoms with E-state index in [0.29, 0.717) is 12.1 Å². The van der Waals surface area contributed by atoms with E-state index < -0.39 is 0 Å². The number of rotatable bonds is 6. The maximum atomic E-state index is 5.86. The molecule has 14 heavy (non-hydrogen) atoms. The summed E-state index contributed by atoms with van der Waals surface area (Å²) in [5.41, 5.74) is 5.86. The smallest absolute Gasteiger partial charge is 0.00993 e. The minimum atomic E-state index is 0.332. The first-order chi connectivity index (χ1) is 6.50. The van der Waals surface area contributed by atoms with Crippen LogP contribution in [0.15, 0.2) is 0 Å². The van der Waals surface area contributed by atoms with E-state index in [1.54, 1.807) is 0 Å². The highest BCUT2D eigenvalue weighted by Gasteiger charge is 2.32.